The highest BCUT2D eigenvalue weighted by atomic mass is 16.5. The van der Waals surface area contributed by atoms with E-state index in [1.54, 1.807) is 6.92 Å². The Bertz CT molecular complexity index is 382. The predicted molar refractivity (Wildman–Crippen MR) is 96.4 cm³/mol. The molecular formula is C17H34N4O3. The number of hydrogen-bond donors (Lipinski definition) is 3. The van der Waals surface area contributed by atoms with Gasteiger partial charge in [-0.2, -0.15) is 0 Å². The summed E-state index contributed by atoms with van der Waals surface area (Å²) in [4.78, 5) is 16.3. The van der Waals surface area contributed by atoms with E-state index in [0.29, 0.717) is 19.1 Å². The molecule has 3 N–H and O–H groups in total. The van der Waals surface area contributed by atoms with Gasteiger partial charge in [0.05, 0.1) is 25.3 Å². The van der Waals surface area contributed by atoms with E-state index in [9.17, 15) is 4.79 Å². The van der Waals surface area contributed by atoms with Gasteiger partial charge in [0.15, 0.2) is 5.96 Å². The van der Waals surface area contributed by atoms with Crippen LogP contribution in [0.1, 0.15) is 47.0 Å². The third kappa shape index (κ3) is 8.96. The Morgan fingerprint density at radius 2 is 2.12 bits per heavy atom. The summed E-state index contributed by atoms with van der Waals surface area (Å²) in [6, 6.07) is -0.0396. The first-order valence-corrected chi connectivity index (χ1v) is 9.12. The van der Waals surface area contributed by atoms with Crippen LogP contribution in [0.2, 0.25) is 0 Å². The average Bonchev–Trinajstić information content (AvgIpc) is 3.03. The van der Waals surface area contributed by atoms with Gasteiger partial charge in [-0.15, -0.1) is 0 Å². The molecule has 7 heteroatoms. The van der Waals surface area contributed by atoms with Crippen LogP contribution in [-0.4, -0.2) is 57.0 Å². The summed E-state index contributed by atoms with van der Waals surface area (Å²) in [5.41, 5.74) is 0. The van der Waals surface area contributed by atoms with Crippen molar-refractivity contribution in [1.29, 1.82) is 0 Å². The van der Waals surface area contributed by atoms with Crippen molar-refractivity contribution < 1.29 is 14.3 Å². The highest BCUT2D eigenvalue weighted by Gasteiger charge is 2.17. The number of hydrogen-bond acceptors (Lipinski definition) is 4. The van der Waals surface area contributed by atoms with Gasteiger partial charge in [0.1, 0.15) is 0 Å². The fraction of sp³-hybridized carbons (Fsp3) is 0.882. The number of carbonyl (C=O) groups is 1. The average molecular weight is 342 g/mol. The molecule has 0 aromatic carbocycles. The normalized spacial score (nSPS) is 19.2. The molecule has 1 rings (SSSR count). The number of amides is 1. The molecule has 1 aliphatic heterocycles. The molecule has 1 fully saturated rings. The molecular weight excluding hydrogens is 308 g/mol. The molecule has 0 saturated carbocycles. The van der Waals surface area contributed by atoms with Gasteiger partial charge in [-0.1, -0.05) is 13.8 Å². The van der Waals surface area contributed by atoms with E-state index in [0.717, 1.165) is 44.9 Å². The lowest BCUT2D eigenvalue weighted by Crippen LogP contribution is -2.43. The van der Waals surface area contributed by atoms with E-state index in [-0.39, 0.29) is 18.2 Å². The third-order valence-corrected chi connectivity index (χ3v) is 3.69. The number of carbonyl (C=O) groups excluding carboxylic acids is 1. The molecule has 0 bridgehead atoms. The zero-order chi connectivity index (χ0) is 17.8. The van der Waals surface area contributed by atoms with Gasteiger partial charge in [0.2, 0.25) is 0 Å². The number of nitrogens with zero attached hydrogens (tertiary/aromatic N) is 1. The molecule has 0 radical (unpaired) electrons. The van der Waals surface area contributed by atoms with Gasteiger partial charge in [-0.05, 0) is 39.0 Å². The Kier molecular flexibility index (Phi) is 10.2. The van der Waals surface area contributed by atoms with Gasteiger partial charge in [-0.25, -0.2) is 4.79 Å². The molecule has 1 amide bonds. The Hall–Kier alpha value is -1.50. The molecule has 0 aromatic rings. The predicted octanol–water partition coefficient (Wildman–Crippen LogP) is 1.88. The minimum absolute atomic E-state index is 0.0396. The summed E-state index contributed by atoms with van der Waals surface area (Å²) in [5, 5.41) is 9.45. The van der Waals surface area contributed by atoms with Crippen LogP contribution in [0.25, 0.3) is 0 Å². The first kappa shape index (κ1) is 20.5. The number of aliphatic imine (C=N–C) groups is 1. The van der Waals surface area contributed by atoms with E-state index in [4.69, 9.17) is 9.47 Å². The highest BCUT2D eigenvalue weighted by molar-refractivity contribution is 5.79. The van der Waals surface area contributed by atoms with Crippen LogP contribution >= 0.6 is 0 Å². The molecule has 2 atom stereocenters. The molecule has 7 nitrogen and oxygen atoms in total. The molecule has 1 heterocycles. The molecule has 2 unspecified atom stereocenters. The van der Waals surface area contributed by atoms with Crippen molar-refractivity contribution in [2.75, 3.05) is 32.8 Å². The zero-order valence-corrected chi connectivity index (χ0v) is 15.6. The molecule has 140 valence electrons. The van der Waals surface area contributed by atoms with E-state index in [1.807, 2.05) is 6.92 Å². The standard InChI is InChI=1S/C17H34N4O3/c1-5-18-16(20-12-15-8-7-9-24-15)19-11-14(10-13(3)4)21-17(22)23-6-2/h13-15H,5-12H2,1-4H3,(H,21,22)(H2,18,19,20). The van der Waals surface area contributed by atoms with E-state index >= 15 is 0 Å². The van der Waals surface area contributed by atoms with E-state index < -0.39 is 0 Å². The van der Waals surface area contributed by atoms with Crippen molar-refractivity contribution in [1.82, 2.24) is 16.0 Å². The maximum Gasteiger partial charge on any atom is 0.407 e. The van der Waals surface area contributed by atoms with Crippen molar-refractivity contribution in [3.8, 4) is 0 Å². The Balaban J connectivity index is 2.53. The number of rotatable bonds is 9. The molecule has 0 aliphatic carbocycles. The van der Waals surface area contributed by atoms with Crippen LogP contribution in [0.4, 0.5) is 4.79 Å². The van der Waals surface area contributed by atoms with Crippen LogP contribution in [0, 0.1) is 5.92 Å². The number of alkyl carbamates (subject to hydrolysis) is 1. The van der Waals surface area contributed by atoms with Crippen LogP contribution in [0.3, 0.4) is 0 Å². The monoisotopic (exact) mass is 342 g/mol. The Labute approximate surface area is 146 Å². The van der Waals surface area contributed by atoms with E-state index in [2.05, 4.69) is 34.8 Å². The highest BCUT2D eigenvalue weighted by Crippen LogP contribution is 2.10. The minimum atomic E-state index is -0.379. The molecule has 1 saturated heterocycles. The number of nitrogens with one attached hydrogen (secondary N) is 3. The second-order valence-corrected chi connectivity index (χ2v) is 6.43. The smallest absolute Gasteiger partial charge is 0.407 e. The summed E-state index contributed by atoms with van der Waals surface area (Å²) in [7, 11) is 0. The summed E-state index contributed by atoms with van der Waals surface area (Å²) < 4.78 is 10.6. The van der Waals surface area contributed by atoms with Crippen LogP contribution < -0.4 is 16.0 Å². The lowest BCUT2D eigenvalue weighted by atomic mass is 10.0. The van der Waals surface area contributed by atoms with Gasteiger partial charge in [0.25, 0.3) is 0 Å². The van der Waals surface area contributed by atoms with Gasteiger partial charge in [-0.3, -0.25) is 4.99 Å². The second-order valence-electron chi connectivity index (χ2n) is 6.43. The van der Waals surface area contributed by atoms with Gasteiger partial charge in [0, 0.05) is 19.7 Å². The largest absolute Gasteiger partial charge is 0.450 e. The topological polar surface area (TPSA) is 84.0 Å². The van der Waals surface area contributed by atoms with Crippen LogP contribution in [-0.2, 0) is 9.47 Å². The maximum atomic E-state index is 11.7. The number of guanidine groups is 1. The summed E-state index contributed by atoms with van der Waals surface area (Å²) in [6.07, 6.45) is 2.95. The van der Waals surface area contributed by atoms with E-state index in [1.165, 1.54) is 0 Å². The Morgan fingerprint density at radius 1 is 1.33 bits per heavy atom. The molecule has 24 heavy (non-hydrogen) atoms. The molecule has 0 aromatic heterocycles. The van der Waals surface area contributed by atoms with Crippen molar-refractivity contribution >= 4 is 12.1 Å². The van der Waals surface area contributed by atoms with Crippen LogP contribution in [0.5, 0.6) is 0 Å². The van der Waals surface area contributed by atoms with Crippen LogP contribution in [0.15, 0.2) is 4.99 Å². The lowest BCUT2D eigenvalue weighted by molar-refractivity contribution is 0.114. The fourth-order valence-corrected chi connectivity index (χ4v) is 2.65. The van der Waals surface area contributed by atoms with Crippen molar-refractivity contribution in [2.45, 2.75) is 59.1 Å². The SMILES string of the molecule is CCNC(=NCC(CC(C)C)NC(=O)OCC)NCC1CCCO1. The quantitative estimate of drug-likeness (QED) is 0.440. The third-order valence-electron chi connectivity index (χ3n) is 3.69. The maximum absolute atomic E-state index is 11.7. The second kappa shape index (κ2) is 11.9. The van der Waals surface area contributed by atoms with Gasteiger partial charge >= 0.3 is 6.09 Å². The summed E-state index contributed by atoms with van der Waals surface area (Å²) >= 11 is 0. The number of ether oxygens (including phenoxy) is 2. The van der Waals surface area contributed by atoms with Gasteiger partial charge < -0.3 is 25.4 Å². The minimum Gasteiger partial charge on any atom is -0.450 e. The zero-order valence-electron chi connectivity index (χ0n) is 15.6. The van der Waals surface area contributed by atoms with Crippen molar-refractivity contribution in [2.24, 2.45) is 10.9 Å². The summed E-state index contributed by atoms with van der Waals surface area (Å²) in [5.74, 6) is 1.22. The molecule has 1 aliphatic rings. The van der Waals surface area contributed by atoms with Crippen molar-refractivity contribution in [3.63, 3.8) is 0 Å². The Morgan fingerprint density at radius 3 is 2.71 bits per heavy atom. The molecule has 0 spiro atoms. The fourth-order valence-electron chi connectivity index (χ4n) is 2.65. The first-order chi connectivity index (χ1) is 11.5. The lowest BCUT2D eigenvalue weighted by Gasteiger charge is -2.20. The summed E-state index contributed by atoms with van der Waals surface area (Å²) in [6.45, 7) is 11.4. The van der Waals surface area contributed by atoms with Crippen molar-refractivity contribution in [3.05, 3.63) is 0 Å². The first-order valence-electron chi connectivity index (χ1n) is 9.12.